The van der Waals surface area contributed by atoms with Crippen LogP contribution >= 0.6 is 0 Å². The summed E-state index contributed by atoms with van der Waals surface area (Å²) in [7, 11) is 0. The smallest absolute Gasteiger partial charge is 0.160 e. The maximum absolute atomic E-state index is 5.39. The molecule has 8 aromatic carbocycles. The molecule has 11 aromatic rings. The van der Waals surface area contributed by atoms with E-state index in [0.717, 1.165) is 57.9 Å². The molecule has 3 aromatic heterocycles. The molecule has 0 fully saturated rings. The summed E-state index contributed by atoms with van der Waals surface area (Å²) in [6.07, 6.45) is 6.55. The first-order valence-electron chi connectivity index (χ1n) is 20.7. The second-order valence-electron chi connectivity index (χ2n) is 15.7. The van der Waals surface area contributed by atoms with E-state index in [1.165, 1.54) is 60.3 Å². The summed E-state index contributed by atoms with van der Waals surface area (Å²) in [5.41, 5.74) is 16.9. The summed E-state index contributed by atoms with van der Waals surface area (Å²) >= 11 is 0. The van der Waals surface area contributed by atoms with Gasteiger partial charge in [0.05, 0.1) is 33.5 Å². The molecule has 0 N–H and O–H groups in total. The van der Waals surface area contributed by atoms with Gasteiger partial charge in [-0.05, 0) is 89.7 Å². The van der Waals surface area contributed by atoms with Crippen LogP contribution in [0.15, 0.2) is 200 Å². The van der Waals surface area contributed by atoms with Crippen molar-refractivity contribution in [2.24, 2.45) is 0 Å². The lowest BCUT2D eigenvalue weighted by molar-refractivity contribution is 0.979. The summed E-state index contributed by atoms with van der Waals surface area (Å²) in [4.78, 5) is 10.6. The van der Waals surface area contributed by atoms with Gasteiger partial charge in [-0.2, -0.15) is 0 Å². The van der Waals surface area contributed by atoms with Crippen molar-refractivity contribution < 1.29 is 0 Å². The number of hydrogen-bond acceptors (Lipinski definition) is 2. The average molecular weight is 767 g/mol. The summed E-state index contributed by atoms with van der Waals surface area (Å²) in [5.74, 6) is 0.708. The maximum Gasteiger partial charge on any atom is 0.160 e. The number of aromatic nitrogens is 4. The number of rotatable bonds is 6. The standard InChI is InChI=1S/C56H38N4/c1-4-17-37(18-5-1)39-22-16-23-41(33-39)49-36-50(58-56(57-49)38-19-6-2-7-20-38)48-35-43(34-40-21-10-11-26-44(40)48)59-52-30-15-13-28-47(52)54-53(59)32-31-46-45-27-12-14-29-51(45)60(55(46)54)42-24-8-3-9-25-42/h1-9,11-20,22-36H,10,21H2. The summed E-state index contributed by atoms with van der Waals surface area (Å²) in [6, 6.07) is 69.7. The largest absolute Gasteiger partial charge is 0.309 e. The minimum Gasteiger partial charge on any atom is -0.309 e. The van der Waals surface area contributed by atoms with Crippen molar-refractivity contribution in [1.29, 1.82) is 0 Å². The highest BCUT2D eigenvalue weighted by molar-refractivity contribution is 6.26. The van der Waals surface area contributed by atoms with E-state index in [9.17, 15) is 0 Å². The van der Waals surface area contributed by atoms with Gasteiger partial charge >= 0.3 is 0 Å². The van der Waals surface area contributed by atoms with Crippen molar-refractivity contribution in [1.82, 2.24) is 19.1 Å². The van der Waals surface area contributed by atoms with Crippen molar-refractivity contribution >= 4 is 49.7 Å². The van der Waals surface area contributed by atoms with Crippen LogP contribution in [0, 0.1) is 0 Å². The molecule has 0 radical (unpaired) electrons. The van der Waals surface area contributed by atoms with Gasteiger partial charge < -0.3 is 9.13 Å². The number of hydrogen-bond donors (Lipinski definition) is 0. The van der Waals surface area contributed by atoms with E-state index in [4.69, 9.17) is 9.97 Å². The zero-order valence-corrected chi connectivity index (χ0v) is 32.8. The highest BCUT2D eigenvalue weighted by atomic mass is 15.0. The van der Waals surface area contributed by atoms with Crippen LogP contribution in [-0.4, -0.2) is 19.1 Å². The van der Waals surface area contributed by atoms with Crippen LogP contribution in [-0.2, 0) is 6.42 Å². The lowest BCUT2D eigenvalue weighted by Gasteiger charge is -2.20. The molecule has 4 heteroatoms. The van der Waals surface area contributed by atoms with Crippen LogP contribution in [0.3, 0.4) is 0 Å². The quantitative estimate of drug-likeness (QED) is 0.169. The number of allylic oxidation sites excluding steroid dienone is 1. The predicted molar refractivity (Wildman–Crippen MR) is 250 cm³/mol. The first kappa shape index (κ1) is 34.2. The van der Waals surface area contributed by atoms with Gasteiger partial charge in [0, 0.05) is 49.6 Å². The van der Waals surface area contributed by atoms with E-state index in [1.54, 1.807) is 0 Å². The fourth-order valence-electron chi connectivity index (χ4n) is 9.45. The van der Waals surface area contributed by atoms with Crippen LogP contribution in [0.1, 0.15) is 17.5 Å². The Morgan fingerprint density at radius 2 is 1.07 bits per heavy atom. The van der Waals surface area contributed by atoms with Crippen molar-refractivity contribution in [2.45, 2.75) is 12.8 Å². The molecule has 0 aliphatic heterocycles. The molecule has 3 heterocycles. The molecule has 4 nitrogen and oxygen atoms in total. The van der Waals surface area contributed by atoms with Crippen LogP contribution < -0.4 is 0 Å². The highest BCUT2D eigenvalue weighted by Crippen LogP contribution is 2.43. The summed E-state index contributed by atoms with van der Waals surface area (Å²) in [5, 5.41) is 4.97. The maximum atomic E-state index is 5.39. The van der Waals surface area contributed by atoms with Crippen LogP contribution in [0.4, 0.5) is 0 Å². The van der Waals surface area contributed by atoms with Gasteiger partial charge in [0.15, 0.2) is 5.82 Å². The van der Waals surface area contributed by atoms with Gasteiger partial charge in [-0.3, -0.25) is 0 Å². The van der Waals surface area contributed by atoms with E-state index in [0.29, 0.717) is 5.82 Å². The first-order valence-corrected chi connectivity index (χ1v) is 20.7. The molecule has 0 atom stereocenters. The molecule has 0 amide bonds. The second kappa shape index (κ2) is 13.9. The van der Waals surface area contributed by atoms with Gasteiger partial charge in [0.25, 0.3) is 0 Å². The predicted octanol–water partition coefficient (Wildman–Crippen LogP) is 14.3. The third-order valence-corrected chi connectivity index (χ3v) is 12.2. The molecule has 60 heavy (non-hydrogen) atoms. The number of aryl methyl sites for hydroxylation is 1. The molecular formula is C56H38N4. The van der Waals surface area contributed by atoms with Crippen molar-refractivity contribution in [3.05, 3.63) is 211 Å². The zero-order chi connectivity index (χ0) is 39.6. The molecule has 0 saturated carbocycles. The zero-order valence-electron chi connectivity index (χ0n) is 32.8. The van der Waals surface area contributed by atoms with E-state index in [2.05, 4.69) is 209 Å². The Bertz CT molecular complexity index is 3470. The van der Waals surface area contributed by atoms with Crippen LogP contribution in [0.2, 0.25) is 0 Å². The Hall–Kier alpha value is -7.82. The third kappa shape index (κ3) is 5.53. The Labute approximate surface area is 348 Å². The number of para-hydroxylation sites is 3. The van der Waals surface area contributed by atoms with Crippen molar-refractivity contribution in [3.63, 3.8) is 0 Å². The Morgan fingerprint density at radius 3 is 1.87 bits per heavy atom. The lowest BCUT2D eigenvalue weighted by Crippen LogP contribution is -2.04. The minimum atomic E-state index is 0.708. The third-order valence-electron chi connectivity index (χ3n) is 12.2. The Kier molecular flexibility index (Phi) is 7.95. The molecule has 0 bridgehead atoms. The summed E-state index contributed by atoms with van der Waals surface area (Å²) < 4.78 is 4.93. The number of benzene rings is 8. The SMILES string of the molecule is C1=Cc2c(cc(-n3c4ccccc4c4c3ccc3c5ccccc5n(-c5ccccc5)c34)cc2-c2cc(-c3cccc(-c4ccccc4)c3)nc(-c3ccccc3)n2)CC1. The molecule has 1 aliphatic carbocycles. The molecule has 0 spiro atoms. The van der Waals surface area contributed by atoms with E-state index in [1.807, 2.05) is 6.07 Å². The Balaban J connectivity index is 1.13. The van der Waals surface area contributed by atoms with E-state index in [-0.39, 0.29) is 0 Å². The second-order valence-corrected chi connectivity index (χ2v) is 15.7. The van der Waals surface area contributed by atoms with Crippen molar-refractivity contribution in [2.75, 3.05) is 0 Å². The first-order chi connectivity index (χ1) is 29.8. The van der Waals surface area contributed by atoms with Gasteiger partial charge in [-0.15, -0.1) is 0 Å². The lowest BCUT2D eigenvalue weighted by atomic mass is 9.90. The molecular weight excluding hydrogens is 729 g/mol. The average Bonchev–Trinajstić information content (AvgIpc) is 3.85. The van der Waals surface area contributed by atoms with E-state index < -0.39 is 0 Å². The molecule has 0 unspecified atom stereocenters. The molecule has 0 saturated heterocycles. The van der Waals surface area contributed by atoms with Crippen LogP contribution in [0.5, 0.6) is 0 Å². The minimum absolute atomic E-state index is 0.708. The van der Waals surface area contributed by atoms with Gasteiger partial charge in [0.2, 0.25) is 0 Å². The van der Waals surface area contributed by atoms with Gasteiger partial charge in [-0.1, -0.05) is 152 Å². The van der Waals surface area contributed by atoms with E-state index >= 15 is 0 Å². The topological polar surface area (TPSA) is 35.6 Å². The normalized spacial score (nSPS) is 12.5. The summed E-state index contributed by atoms with van der Waals surface area (Å²) in [6.45, 7) is 0. The molecule has 1 aliphatic rings. The highest BCUT2D eigenvalue weighted by Gasteiger charge is 2.23. The van der Waals surface area contributed by atoms with Gasteiger partial charge in [-0.25, -0.2) is 9.97 Å². The fourth-order valence-corrected chi connectivity index (χ4v) is 9.45. The Morgan fingerprint density at radius 1 is 0.417 bits per heavy atom. The molecule has 282 valence electrons. The molecule has 12 rings (SSSR count). The monoisotopic (exact) mass is 766 g/mol. The number of nitrogens with zero attached hydrogens (tertiary/aromatic N) is 4. The van der Waals surface area contributed by atoms with Crippen molar-refractivity contribution in [3.8, 4) is 56.4 Å². The van der Waals surface area contributed by atoms with Gasteiger partial charge in [0.1, 0.15) is 0 Å². The van der Waals surface area contributed by atoms with Crippen LogP contribution in [0.25, 0.3) is 106 Å². The fraction of sp³-hybridized carbons (Fsp3) is 0.0357. The number of fused-ring (bicyclic) bond motifs is 8.